The van der Waals surface area contributed by atoms with Crippen molar-refractivity contribution in [2.75, 3.05) is 25.5 Å². The SMILES string of the molecule is Cc1cc(NC(=O)C2CCN(C)CC2c2ccnn2C)nn1-c1cccc(C(F)(F)F)c1. The molecule has 1 aliphatic rings. The van der Waals surface area contributed by atoms with Gasteiger partial charge in [-0.05, 0) is 51.2 Å². The molecule has 1 fully saturated rings. The van der Waals surface area contributed by atoms with E-state index in [-0.39, 0.29) is 23.4 Å². The normalized spacial score (nSPS) is 19.8. The van der Waals surface area contributed by atoms with E-state index < -0.39 is 11.7 Å². The van der Waals surface area contributed by atoms with Gasteiger partial charge in [0.2, 0.25) is 5.91 Å². The Morgan fingerprint density at radius 2 is 1.97 bits per heavy atom. The topological polar surface area (TPSA) is 68.0 Å². The summed E-state index contributed by atoms with van der Waals surface area (Å²) in [6.07, 6.45) is -2.03. The van der Waals surface area contributed by atoms with Crippen molar-refractivity contribution in [3.8, 4) is 5.69 Å². The van der Waals surface area contributed by atoms with Gasteiger partial charge in [0.15, 0.2) is 5.82 Å². The molecule has 32 heavy (non-hydrogen) atoms. The van der Waals surface area contributed by atoms with Gasteiger partial charge in [-0.2, -0.15) is 18.3 Å². The summed E-state index contributed by atoms with van der Waals surface area (Å²) in [6.45, 7) is 3.26. The van der Waals surface area contributed by atoms with Gasteiger partial charge in [-0.15, -0.1) is 5.10 Å². The first kappa shape index (κ1) is 22.1. The Bertz CT molecular complexity index is 1120. The highest BCUT2D eigenvalue weighted by atomic mass is 19.4. The van der Waals surface area contributed by atoms with E-state index >= 15 is 0 Å². The monoisotopic (exact) mass is 446 g/mol. The van der Waals surface area contributed by atoms with Crippen LogP contribution in [0.15, 0.2) is 42.6 Å². The number of hydrogen-bond donors (Lipinski definition) is 1. The third kappa shape index (κ3) is 4.40. The summed E-state index contributed by atoms with van der Waals surface area (Å²) < 4.78 is 42.4. The van der Waals surface area contributed by atoms with Gasteiger partial charge < -0.3 is 10.2 Å². The molecule has 1 saturated heterocycles. The number of nitrogens with zero attached hydrogens (tertiary/aromatic N) is 5. The lowest BCUT2D eigenvalue weighted by Crippen LogP contribution is -2.42. The molecule has 1 amide bonds. The number of rotatable bonds is 4. The number of anilines is 1. The van der Waals surface area contributed by atoms with E-state index in [1.54, 1.807) is 29.9 Å². The molecule has 1 N–H and O–H groups in total. The van der Waals surface area contributed by atoms with Gasteiger partial charge in [-0.3, -0.25) is 9.48 Å². The van der Waals surface area contributed by atoms with Crippen LogP contribution < -0.4 is 5.32 Å². The summed E-state index contributed by atoms with van der Waals surface area (Å²) in [5, 5.41) is 11.5. The Balaban J connectivity index is 1.56. The zero-order valence-electron chi connectivity index (χ0n) is 18.1. The first-order valence-corrected chi connectivity index (χ1v) is 10.3. The predicted octanol–water partition coefficient (Wildman–Crippen LogP) is 3.61. The number of likely N-dealkylation sites (tertiary alicyclic amines) is 1. The minimum Gasteiger partial charge on any atom is -0.309 e. The van der Waals surface area contributed by atoms with Crippen LogP contribution in [0.25, 0.3) is 5.69 Å². The number of amides is 1. The zero-order valence-corrected chi connectivity index (χ0v) is 18.1. The van der Waals surface area contributed by atoms with Gasteiger partial charge in [0.25, 0.3) is 0 Å². The summed E-state index contributed by atoms with van der Waals surface area (Å²) in [4.78, 5) is 15.4. The molecule has 3 heterocycles. The molecular weight excluding hydrogens is 421 g/mol. The van der Waals surface area contributed by atoms with Crippen LogP contribution in [0.3, 0.4) is 0 Å². The molecule has 1 aromatic carbocycles. The highest BCUT2D eigenvalue weighted by Gasteiger charge is 2.36. The number of piperidine rings is 1. The number of nitrogens with one attached hydrogen (secondary N) is 1. The largest absolute Gasteiger partial charge is 0.416 e. The second-order valence-electron chi connectivity index (χ2n) is 8.26. The van der Waals surface area contributed by atoms with Crippen molar-refractivity contribution >= 4 is 11.7 Å². The average molecular weight is 446 g/mol. The number of likely N-dealkylation sites (N-methyl/N-ethyl adjacent to an activating group) is 1. The fraction of sp³-hybridized carbons (Fsp3) is 0.409. The Hall–Kier alpha value is -3.14. The highest BCUT2D eigenvalue weighted by molar-refractivity contribution is 5.92. The van der Waals surface area contributed by atoms with Crippen LogP contribution in [0.5, 0.6) is 0 Å². The van der Waals surface area contributed by atoms with Crippen LogP contribution in [0.2, 0.25) is 0 Å². The lowest BCUT2D eigenvalue weighted by Gasteiger charge is -2.35. The maximum absolute atomic E-state index is 13.2. The molecule has 7 nitrogen and oxygen atoms in total. The highest BCUT2D eigenvalue weighted by Crippen LogP contribution is 2.33. The van der Waals surface area contributed by atoms with Gasteiger partial charge in [0, 0.05) is 49.1 Å². The van der Waals surface area contributed by atoms with Gasteiger partial charge in [-0.1, -0.05) is 6.07 Å². The van der Waals surface area contributed by atoms with Gasteiger partial charge in [0.05, 0.1) is 11.3 Å². The van der Waals surface area contributed by atoms with Crippen molar-refractivity contribution in [3.05, 3.63) is 59.5 Å². The van der Waals surface area contributed by atoms with Gasteiger partial charge in [0.1, 0.15) is 0 Å². The first-order chi connectivity index (χ1) is 15.1. The van der Waals surface area contributed by atoms with Crippen molar-refractivity contribution < 1.29 is 18.0 Å². The quantitative estimate of drug-likeness (QED) is 0.665. The Morgan fingerprint density at radius 1 is 1.19 bits per heavy atom. The zero-order chi connectivity index (χ0) is 23.0. The van der Waals surface area contributed by atoms with Crippen molar-refractivity contribution in [3.63, 3.8) is 0 Å². The minimum atomic E-state index is -4.44. The van der Waals surface area contributed by atoms with Crippen molar-refractivity contribution in [1.82, 2.24) is 24.5 Å². The standard InChI is InChI=1S/C22H25F3N6O/c1-14-11-20(28-31(14)16-6-4-5-15(12-16)22(23,24)25)27-21(32)17-8-10-29(2)13-18(17)19-7-9-26-30(19)3/h4-7,9,11-12,17-18H,8,10,13H2,1-3H3,(H,27,28,32). The molecule has 10 heteroatoms. The number of aryl methyl sites for hydroxylation is 2. The molecule has 0 saturated carbocycles. The number of benzene rings is 1. The van der Waals surface area contributed by atoms with E-state index in [9.17, 15) is 18.0 Å². The first-order valence-electron chi connectivity index (χ1n) is 10.3. The molecule has 0 spiro atoms. The third-order valence-corrected chi connectivity index (χ3v) is 5.95. The van der Waals surface area contributed by atoms with E-state index in [0.29, 0.717) is 17.9 Å². The number of hydrogen-bond acceptors (Lipinski definition) is 4. The maximum atomic E-state index is 13.2. The van der Waals surface area contributed by atoms with E-state index in [1.807, 2.05) is 20.2 Å². The molecule has 2 atom stereocenters. The van der Waals surface area contributed by atoms with Crippen molar-refractivity contribution in [2.45, 2.75) is 25.4 Å². The Kier molecular flexibility index (Phi) is 5.81. The van der Waals surface area contributed by atoms with E-state index in [0.717, 1.165) is 30.9 Å². The van der Waals surface area contributed by atoms with E-state index in [1.165, 1.54) is 10.7 Å². The van der Waals surface area contributed by atoms with Crippen LogP contribution in [-0.4, -0.2) is 50.5 Å². The molecule has 0 bridgehead atoms. The van der Waals surface area contributed by atoms with Crippen LogP contribution >= 0.6 is 0 Å². The molecule has 3 aromatic rings. The Labute approximate surface area is 183 Å². The fourth-order valence-corrected chi connectivity index (χ4v) is 4.31. The third-order valence-electron chi connectivity index (χ3n) is 5.95. The second kappa shape index (κ2) is 8.42. The molecule has 4 rings (SSSR count). The molecule has 2 aromatic heterocycles. The predicted molar refractivity (Wildman–Crippen MR) is 113 cm³/mol. The molecule has 1 aliphatic heterocycles. The minimum absolute atomic E-state index is 0.0205. The second-order valence-corrected chi connectivity index (χ2v) is 8.26. The van der Waals surface area contributed by atoms with E-state index in [4.69, 9.17) is 0 Å². The van der Waals surface area contributed by atoms with Crippen LogP contribution in [-0.2, 0) is 18.0 Å². The number of alkyl halides is 3. The molecule has 0 radical (unpaired) electrons. The van der Waals surface area contributed by atoms with E-state index in [2.05, 4.69) is 20.4 Å². The van der Waals surface area contributed by atoms with Gasteiger partial charge >= 0.3 is 6.18 Å². The molecule has 170 valence electrons. The summed E-state index contributed by atoms with van der Waals surface area (Å²) in [5.74, 6) is -0.126. The molecule has 2 unspecified atom stereocenters. The average Bonchev–Trinajstić information content (AvgIpc) is 3.32. The number of halogens is 3. The number of carbonyl (C=O) groups excluding carboxylic acids is 1. The van der Waals surface area contributed by atoms with Crippen molar-refractivity contribution in [2.24, 2.45) is 13.0 Å². The maximum Gasteiger partial charge on any atom is 0.416 e. The summed E-state index contributed by atoms with van der Waals surface area (Å²) in [5.41, 5.74) is 1.14. The summed E-state index contributed by atoms with van der Waals surface area (Å²) >= 11 is 0. The van der Waals surface area contributed by atoms with Crippen LogP contribution in [0.4, 0.5) is 19.0 Å². The fourth-order valence-electron chi connectivity index (χ4n) is 4.31. The van der Waals surface area contributed by atoms with Crippen LogP contribution in [0, 0.1) is 12.8 Å². The van der Waals surface area contributed by atoms with Crippen LogP contribution in [0.1, 0.15) is 29.3 Å². The Morgan fingerprint density at radius 3 is 2.66 bits per heavy atom. The smallest absolute Gasteiger partial charge is 0.309 e. The molecule has 0 aliphatic carbocycles. The lowest BCUT2D eigenvalue weighted by molar-refractivity contribution is -0.137. The lowest BCUT2D eigenvalue weighted by atomic mass is 9.82. The number of carbonyl (C=O) groups is 1. The van der Waals surface area contributed by atoms with Crippen molar-refractivity contribution in [1.29, 1.82) is 0 Å². The summed E-state index contributed by atoms with van der Waals surface area (Å²) in [7, 11) is 3.89. The number of aromatic nitrogens is 4. The molecular formula is C22H25F3N6O. The van der Waals surface area contributed by atoms with Gasteiger partial charge in [-0.25, -0.2) is 4.68 Å². The summed E-state index contributed by atoms with van der Waals surface area (Å²) in [6, 6.07) is 8.54.